The van der Waals surface area contributed by atoms with Gasteiger partial charge in [0, 0.05) is 0 Å². The van der Waals surface area contributed by atoms with Crippen molar-refractivity contribution in [3.63, 3.8) is 0 Å². The first-order chi connectivity index (χ1) is 6.70. The number of hydrogen-bond acceptors (Lipinski definition) is 4. The highest BCUT2D eigenvalue weighted by molar-refractivity contribution is 4.49. The summed E-state index contributed by atoms with van der Waals surface area (Å²) in [5.74, 6) is 0. The third-order valence-corrected chi connectivity index (χ3v) is 1.69. The minimum atomic E-state index is -0.142. The van der Waals surface area contributed by atoms with Crippen molar-refractivity contribution in [3.05, 3.63) is 0 Å². The topological polar surface area (TPSA) is 47.9 Å². The van der Waals surface area contributed by atoms with E-state index >= 15 is 0 Å². The zero-order valence-corrected chi connectivity index (χ0v) is 9.36. The molecule has 0 fully saturated rings. The summed E-state index contributed by atoms with van der Waals surface area (Å²) >= 11 is 0. The van der Waals surface area contributed by atoms with Gasteiger partial charge in [-0.15, -0.1) is 0 Å². The maximum Gasteiger partial charge on any atom is 0.113 e. The summed E-state index contributed by atoms with van der Waals surface area (Å²) in [5, 5.41) is 8.70. The lowest BCUT2D eigenvalue weighted by Crippen LogP contribution is -2.22. The second kappa shape index (κ2) is 9.40. The Morgan fingerprint density at radius 2 is 1.93 bits per heavy atom. The summed E-state index contributed by atoms with van der Waals surface area (Å²) in [6.45, 7) is 6.87. The molecule has 0 spiro atoms. The van der Waals surface area contributed by atoms with Crippen molar-refractivity contribution in [3.8, 4) is 0 Å². The fraction of sp³-hybridized carbons (Fsp3) is 1.00. The van der Waals surface area contributed by atoms with Gasteiger partial charge in [-0.1, -0.05) is 13.3 Å². The number of unbranched alkanes of at least 4 members (excludes halogenated alkanes) is 1. The molecule has 2 atom stereocenters. The highest BCUT2D eigenvalue weighted by Crippen LogP contribution is 1.98. The van der Waals surface area contributed by atoms with Crippen LogP contribution in [0.4, 0.5) is 0 Å². The first kappa shape index (κ1) is 13.8. The summed E-state index contributed by atoms with van der Waals surface area (Å²) in [7, 11) is 0. The second-order valence-corrected chi connectivity index (χ2v) is 3.41. The molecule has 1 N–H and O–H groups in total. The van der Waals surface area contributed by atoms with Gasteiger partial charge < -0.3 is 9.84 Å². The molecular formula is C10H22O4. The summed E-state index contributed by atoms with van der Waals surface area (Å²) in [6, 6.07) is 0. The van der Waals surface area contributed by atoms with Crippen molar-refractivity contribution in [2.45, 2.75) is 45.8 Å². The SMILES string of the molecule is CCCCOOC(C)COC(C)CO. The summed E-state index contributed by atoms with van der Waals surface area (Å²) in [4.78, 5) is 9.99. The molecule has 0 saturated carbocycles. The van der Waals surface area contributed by atoms with E-state index in [9.17, 15) is 0 Å². The number of aliphatic hydroxyl groups excluding tert-OH is 1. The van der Waals surface area contributed by atoms with Crippen LogP contribution < -0.4 is 0 Å². The maximum atomic E-state index is 8.70. The first-order valence-corrected chi connectivity index (χ1v) is 5.21. The molecule has 0 aromatic heterocycles. The number of rotatable bonds is 9. The molecule has 0 aromatic rings. The first-order valence-electron chi connectivity index (χ1n) is 5.21. The van der Waals surface area contributed by atoms with E-state index in [1.54, 1.807) is 0 Å². The molecule has 14 heavy (non-hydrogen) atoms. The van der Waals surface area contributed by atoms with Gasteiger partial charge >= 0.3 is 0 Å². The van der Waals surface area contributed by atoms with Gasteiger partial charge in [-0.05, 0) is 20.3 Å². The lowest BCUT2D eigenvalue weighted by molar-refractivity contribution is -0.328. The van der Waals surface area contributed by atoms with Crippen LogP contribution in [-0.2, 0) is 14.5 Å². The Balaban J connectivity index is 3.23. The van der Waals surface area contributed by atoms with Crippen LogP contribution in [0.3, 0.4) is 0 Å². The summed E-state index contributed by atoms with van der Waals surface area (Å²) < 4.78 is 5.25. The Morgan fingerprint density at radius 1 is 1.21 bits per heavy atom. The van der Waals surface area contributed by atoms with Crippen LogP contribution in [0.15, 0.2) is 0 Å². The molecule has 0 rings (SSSR count). The maximum absolute atomic E-state index is 8.70. The Hall–Kier alpha value is -0.160. The van der Waals surface area contributed by atoms with E-state index in [1.165, 1.54) is 0 Å². The Bertz CT molecular complexity index is 119. The molecule has 0 radical (unpaired) electrons. The molecule has 0 aliphatic carbocycles. The molecule has 2 unspecified atom stereocenters. The van der Waals surface area contributed by atoms with Crippen LogP contribution in [0.2, 0.25) is 0 Å². The van der Waals surface area contributed by atoms with Crippen molar-refractivity contribution in [2.24, 2.45) is 0 Å². The minimum Gasteiger partial charge on any atom is -0.394 e. The van der Waals surface area contributed by atoms with E-state index in [1.807, 2.05) is 13.8 Å². The molecule has 0 heterocycles. The average molecular weight is 206 g/mol. The fourth-order valence-corrected chi connectivity index (χ4v) is 0.748. The highest BCUT2D eigenvalue weighted by atomic mass is 17.2. The fourth-order valence-electron chi connectivity index (χ4n) is 0.748. The molecule has 0 bridgehead atoms. The molecule has 0 amide bonds. The van der Waals surface area contributed by atoms with E-state index < -0.39 is 0 Å². The van der Waals surface area contributed by atoms with Crippen molar-refractivity contribution in [1.29, 1.82) is 0 Å². The van der Waals surface area contributed by atoms with Crippen molar-refractivity contribution < 1.29 is 19.6 Å². The Kier molecular flexibility index (Phi) is 9.29. The van der Waals surface area contributed by atoms with Crippen LogP contribution in [0.5, 0.6) is 0 Å². The van der Waals surface area contributed by atoms with Gasteiger partial charge in [0.1, 0.15) is 6.10 Å². The second-order valence-electron chi connectivity index (χ2n) is 3.41. The Labute approximate surface area is 86.1 Å². The lowest BCUT2D eigenvalue weighted by Gasteiger charge is -2.15. The quantitative estimate of drug-likeness (QED) is 0.353. The van der Waals surface area contributed by atoms with Gasteiger partial charge in [0.05, 0.1) is 25.9 Å². The van der Waals surface area contributed by atoms with Crippen LogP contribution in [0.1, 0.15) is 33.6 Å². The number of hydrogen-bond donors (Lipinski definition) is 1. The van der Waals surface area contributed by atoms with E-state index in [0.29, 0.717) is 13.2 Å². The normalized spacial score (nSPS) is 15.4. The zero-order chi connectivity index (χ0) is 10.8. The summed E-state index contributed by atoms with van der Waals surface area (Å²) in [5.41, 5.74) is 0. The lowest BCUT2D eigenvalue weighted by atomic mass is 10.4. The molecular weight excluding hydrogens is 184 g/mol. The van der Waals surface area contributed by atoms with Crippen LogP contribution >= 0.6 is 0 Å². The molecule has 0 aliphatic rings. The predicted octanol–water partition coefficient (Wildman–Crippen LogP) is 1.52. The van der Waals surface area contributed by atoms with E-state index in [2.05, 4.69) is 6.92 Å². The largest absolute Gasteiger partial charge is 0.394 e. The highest BCUT2D eigenvalue weighted by Gasteiger charge is 2.06. The average Bonchev–Trinajstić information content (AvgIpc) is 2.21. The Morgan fingerprint density at radius 3 is 2.50 bits per heavy atom. The van der Waals surface area contributed by atoms with Gasteiger partial charge in [-0.3, -0.25) is 0 Å². The van der Waals surface area contributed by atoms with Crippen LogP contribution in [-0.4, -0.2) is 37.1 Å². The van der Waals surface area contributed by atoms with Gasteiger partial charge in [-0.25, -0.2) is 9.78 Å². The van der Waals surface area contributed by atoms with E-state index in [-0.39, 0.29) is 18.8 Å². The molecule has 0 saturated heterocycles. The standard InChI is InChI=1S/C10H22O4/c1-4-5-6-13-14-10(3)8-12-9(2)7-11/h9-11H,4-8H2,1-3H3. The smallest absolute Gasteiger partial charge is 0.113 e. The van der Waals surface area contributed by atoms with Crippen LogP contribution in [0.25, 0.3) is 0 Å². The minimum absolute atomic E-state index is 0.0312. The van der Waals surface area contributed by atoms with Crippen molar-refractivity contribution in [1.82, 2.24) is 0 Å². The number of ether oxygens (including phenoxy) is 1. The third-order valence-electron chi connectivity index (χ3n) is 1.69. The van der Waals surface area contributed by atoms with Gasteiger partial charge in [0.2, 0.25) is 0 Å². The van der Waals surface area contributed by atoms with E-state index in [4.69, 9.17) is 19.6 Å². The number of aliphatic hydroxyl groups is 1. The molecule has 0 aliphatic heterocycles. The monoisotopic (exact) mass is 206 g/mol. The molecule has 4 heteroatoms. The third kappa shape index (κ3) is 8.44. The van der Waals surface area contributed by atoms with Gasteiger partial charge in [0.15, 0.2) is 0 Å². The van der Waals surface area contributed by atoms with Crippen molar-refractivity contribution in [2.75, 3.05) is 19.8 Å². The zero-order valence-electron chi connectivity index (χ0n) is 9.36. The van der Waals surface area contributed by atoms with Gasteiger partial charge in [-0.2, -0.15) is 0 Å². The van der Waals surface area contributed by atoms with Gasteiger partial charge in [0.25, 0.3) is 0 Å². The van der Waals surface area contributed by atoms with Crippen molar-refractivity contribution >= 4 is 0 Å². The van der Waals surface area contributed by atoms with Crippen LogP contribution in [0, 0.1) is 0 Å². The molecule has 4 nitrogen and oxygen atoms in total. The van der Waals surface area contributed by atoms with E-state index in [0.717, 1.165) is 12.8 Å². The molecule has 86 valence electrons. The summed E-state index contributed by atoms with van der Waals surface area (Å²) in [6.07, 6.45) is 1.86. The molecule has 0 aromatic carbocycles. The predicted molar refractivity (Wildman–Crippen MR) is 53.9 cm³/mol.